The number of halogens is 1. The van der Waals surface area contributed by atoms with E-state index < -0.39 is 0 Å². The highest BCUT2D eigenvalue weighted by molar-refractivity contribution is 8.04. The van der Waals surface area contributed by atoms with Crippen LogP contribution in [0.3, 0.4) is 0 Å². The van der Waals surface area contributed by atoms with Gasteiger partial charge in [-0.15, -0.1) is 0 Å². The number of para-hydroxylation sites is 1. The summed E-state index contributed by atoms with van der Waals surface area (Å²) in [5, 5.41) is 2.97. The van der Waals surface area contributed by atoms with Crippen LogP contribution in [0.2, 0.25) is 0 Å². The quantitative estimate of drug-likeness (QED) is 0.422. The van der Waals surface area contributed by atoms with Crippen molar-refractivity contribution in [2.24, 2.45) is 0 Å². The molecule has 0 unspecified atom stereocenters. The molecule has 180 valence electrons. The van der Waals surface area contributed by atoms with Crippen LogP contribution >= 0.6 is 11.8 Å². The summed E-state index contributed by atoms with van der Waals surface area (Å²) in [5.41, 5.74) is 1.06. The lowest BCUT2D eigenvalue weighted by molar-refractivity contribution is -0.122. The summed E-state index contributed by atoms with van der Waals surface area (Å²) in [6, 6.07) is 14.5. The summed E-state index contributed by atoms with van der Waals surface area (Å²) in [4.78, 5) is 31.1. The first kappa shape index (κ1) is 24.5. The summed E-state index contributed by atoms with van der Waals surface area (Å²) >= 11 is 1.30. The number of nitrogens with one attached hydrogen (secondary N) is 1. The molecule has 7 heteroatoms. The second-order valence-corrected chi connectivity index (χ2v) is 10.1. The van der Waals surface area contributed by atoms with Crippen molar-refractivity contribution in [2.75, 3.05) is 31.6 Å². The minimum atomic E-state index is -0.384. The molecule has 0 saturated heterocycles. The Morgan fingerprint density at radius 3 is 2.68 bits per heavy atom. The molecule has 0 spiro atoms. The van der Waals surface area contributed by atoms with Crippen LogP contribution < -0.4 is 10.2 Å². The maximum Gasteiger partial charge on any atom is 0.265 e. The molecular weight excluding hydrogens is 449 g/mol. The Hall–Kier alpha value is -2.64. The van der Waals surface area contributed by atoms with Gasteiger partial charge in [0.25, 0.3) is 5.91 Å². The van der Waals surface area contributed by atoms with E-state index in [1.165, 1.54) is 54.8 Å². The van der Waals surface area contributed by atoms with E-state index >= 15 is 0 Å². The zero-order chi connectivity index (χ0) is 23.9. The predicted octanol–water partition coefficient (Wildman–Crippen LogP) is 5.08. The molecule has 2 aromatic carbocycles. The van der Waals surface area contributed by atoms with Gasteiger partial charge in [0.05, 0.1) is 10.6 Å². The third-order valence-electron chi connectivity index (χ3n) is 6.53. The van der Waals surface area contributed by atoms with Crippen LogP contribution in [0.1, 0.15) is 44.1 Å². The number of hydrogen-bond donors (Lipinski definition) is 1. The minimum absolute atomic E-state index is 0.0660. The summed E-state index contributed by atoms with van der Waals surface area (Å²) in [5.74, 6) is -0.871. The van der Waals surface area contributed by atoms with Crippen molar-refractivity contribution in [1.29, 1.82) is 0 Å². The zero-order valence-corrected chi connectivity index (χ0v) is 20.5. The van der Waals surface area contributed by atoms with Gasteiger partial charge in [0.2, 0.25) is 5.91 Å². The maximum atomic E-state index is 14.2. The van der Waals surface area contributed by atoms with Crippen molar-refractivity contribution in [3.63, 3.8) is 0 Å². The summed E-state index contributed by atoms with van der Waals surface area (Å²) in [6.07, 6.45) is 8.92. The maximum absolute atomic E-state index is 14.2. The molecule has 0 aromatic heterocycles. The van der Waals surface area contributed by atoms with Crippen molar-refractivity contribution >= 4 is 35.3 Å². The van der Waals surface area contributed by atoms with Gasteiger partial charge in [0, 0.05) is 23.0 Å². The van der Waals surface area contributed by atoms with Crippen LogP contribution in [-0.2, 0) is 9.59 Å². The fourth-order valence-electron chi connectivity index (χ4n) is 4.61. The standard InChI is InChI=1S/C27H32FN3O2S/c1-30(21-11-3-2-4-12-21)17-9-16-29-26(32)19-31-23-14-7-8-15-24(23)34-25(27(31)33)18-20-10-5-6-13-22(20)28/h5-8,10,13-15,18,21H,2-4,9,11-12,16-17,19H2,1H3,(H,29,32). The largest absolute Gasteiger partial charge is 0.355 e. The van der Waals surface area contributed by atoms with E-state index in [4.69, 9.17) is 0 Å². The second-order valence-electron chi connectivity index (χ2n) is 8.97. The first-order valence-electron chi connectivity index (χ1n) is 12.0. The lowest BCUT2D eigenvalue weighted by atomic mass is 9.94. The molecule has 1 saturated carbocycles. The number of benzene rings is 2. The number of fused-ring (bicyclic) bond motifs is 1. The zero-order valence-electron chi connectivity index (χ0n) is 19.6. The van der Waals surface area contributed by atoms with Crippen molar-refractivity contribution in [2.45, 2.75) is 49.5 Å². The molecule has 1 heterocycles. The van der Waals surface area contributed by atoms with Gasteiger partial charge in [0.15, 0.2) is 0 Å². The van der Waals surface area contributed by atoms with E-state index in [9.17, 15) is 14.0 Å². The minimum Gasteiger partial charge on any atom is -0.355 e. The molecule has 2 aromatic rings. The Bertz CT molecular complexity index is 1050. The van der Waals surface area contributed by atoms with Crippen LogP contribution in [-0.4, -0.2) is 49.4 Å². The number of carbonyl (C=O) groups is 2. The SMILES string of the molecule is CN(CCCNC(=O)CN1C(=O)C(=Cc2ccccc2F)Sc2ccccc21)C1CCCCC1. The van der Waals surface area contributed by atoms with Crippen molar-refractivity contribution < 1.29 is 14.0 Å². The van der Waals surface area contributed by atoms with Crippen LogP contribution in [0.5, 0.6) is 0 Å². The van der Waals surface area contributed by atoms with Gasteiger partial charge in [0.1, 0.15) is 12.4 Å². The molecule has 2 amide bonds. The van der Waals surface area contributed by atoms with Crippen LogP contribution in [0.15, 0.2) is 58.3 Å². The molecule has 1 fully saturated rings. The van der Waals surface area contributed by atoms with Gasteiger partial charge in [-0.3, -0.25) is 14.5 Å². The Balaban J connectivity index is 1.37. The molecule has 4 rings (SSSR count). The van der Waals surface area contributed by atoms with Gasteiger partial charge < -0.3 is 10.2 Å². The monoisotopic (exact) mass is 481 g/mol. The number of rotatable bonds is 8. The first-order valence-corrected chi connectivity index (χ1v) is 12.9. The summed E-state index contributed by atoms with van der Waals surface area (Å²) < 4.78 is 14.2. The molecular formula is C27H32FN3O2S. The van der Waals surface area contributed by atoms with Gasteiger partial charge in [-0.25, -0.2) is 4.39 Å². The average molecular weight is 482 g/mol. The topological polar surface area (TPSA) is 52.7 Å². The van der Waals surface area contributed by atoms with Gasteiger partial charge in [-0.2, -0.15) is 0 Å². The third kappa shape index (κ3) is 6.07. The van der Waals surface area contributed by atoms with E-state index in [1.54, 1.807) is 24.3 Å². The third-order valence-corrected chi connectivity index (χ3v) is 7.61. The number of hydrogen-bond acceptors (Lipinski definition) is 4. The molecule has 0 radical (unpaired) electrons. The number of nitrogens with zero attached hydrogens (tertiary/aromatic N) is 2. The van der Waals surface area contributed by atoms with E-state index in [-0.39, 0.29) is 24.2 Å². The lowest BCUT2D eigenvalue weighted by Crippen LogP contribution is -2.43. The molecule has 1 aliphatic carbocycles. The summed E-state index contributed by atoms with van der Waals surface area (Å²) in [6.45, 7) is 1.46. The van der Waals surface area contributed by atoms with E-state index in [0.29, 0.717) is 28.7 Å². The number of anilines is 1. The van der Waals surface area contributed by atoms with Crippen LogP contribution in [0.25, 0.3) is 6.08 Å². The number of thioether (sulfide) groups is 1. The van der Waals surface area contributed by atoms with Crippen molar-refractivity contribution in [1.82, 2.24) is 10.2 Å². The molecule has 2 aliphatic rings. The molecule has 5 nitrogen and oxygen atoms in total. The fraction of sp³-hybridized carbons (Fsp3) is 0.407. The highest BCUT2D eigenvalue weighted by Gasteiger charge is 2.30. The van der Waals surface area contributed by atoms with Gasteiger partial charge >= 0.3 is 0 Å². The molecule has 1 aliphatic heterocycles. The first-order chi connectivity index (χ1) is 16.5. The Labute approximate surface area is 205 Å². The van der Waals surface area contributed by atoms with Crippen LogP contribution in [0.4, 0.5) is 10.1 Å². The number of carbonyl (C=O) groups excluding carboxylic acids is 2. The second kappa shape index (κ2) is 11.7. The predicted molar refractivity (Wildman–Crippen MR) is 136 cm³/mol. The van der Waals surface area contributed by atoms with Crippen molar-refractivity contribution in [3.05, 3.63) is 64.8 Å². The molecule has 34 heavy (non-hydrogen) atoms. The highest BCUT2D eigenvalue weighted by Crippen LogP contribution is 2.42. The highest BCUT2D eigenvalue weighted by atomic mass is 32.2. The molecule has 1 N–H and O–H groups in total. The molecule has 0 atom stereocenters. The number of amides is 2. The lowest BCUT2D eigenvalue weighted by Gasteiger charge is -2.31. The normalized spacial score (nSPS) is 17.8. The van der Waals surface area contributed by atoms with E-state index in [2.05, 4.69) is 17.3 Å². The van der Waals surface area contributed by atoms with Crippen molar-refractivity contribution in [3.8, 4) is 0 Å². The fourth-order valence-corrected chi connectivity index (χ4v) is 5.66. The smallest absolute Gasteiger partial charge is 0.265 e. The van der Waals surface area contributed by atoms with Crippen LogP contribution in [0, 0.1) is 5.82 Å². The summed E-state index contributed by atoms with van der Waals surface area (Å²) in [7, 11) is 2.17. The Morgan fingerprint density at radius 1 is 1.15 bits per heavy atom. The molecule has 0 bridgehead atoms. The van der Waals surface area contributed by atoms with E-state index in [0.717, 1.165) is 17.9 Å². The van der Waals surface area contributed by atoms with Gasteiger partial charge in [-0.05, 0) is 57.1 Å². The van der Waals surface area contributed by atoms with Gasteiger partial charge in [-0.1, -0.05) is 61.4 Å². The average Bonchev–Trinajstić information content (AvgIpc) is 2.86. The van der Waals surface area contributed by atoms with E-state index in [1.807, 2.05) is 24.3 Å². The Morgan fingerprint density at radius 2 is 1.88 bits per heavy atom. The Kier molecular flexibility index (Phi) is 8.40.